The number of hydrogen-bond acceptors (Lipinski definition) is 5. The number of halogens is 6. The third kappa shape index (κ3) is 5.82. The molecule has 0 unspecified atom stereocenters. The Morgan fingerprint density at radius 1 is 0.714 bits per heavy atom. The number of nitrogens with zero attached hydrogens (tertiary/aromatic N) is 1. The highest BCUT2D eigenvalue weighted by atomic mass is 19.4. The Morgan fingerprint density at radius 3 is 1.32 bits per heavy atom. The highest BCUT2D eigenvalue weighted by Crippen LogP contribution is 2.16. The molecule has 4 amide bonds. The van der Waals surface area contributed by atoms with Crippen LogP contribution in [0.1, 0.15) is 32.1 Å². The smallest absolute Gasteiger partial charge is 0.267 e. The zero-order valence-corrected chi connectivity index (χ0v) is 13.9. The van der Waals surface area contributed by atoms with Gasteiger partial charge in [-0.05, 0) is 19.9 Å². The molecule has 0 radical (unpaired) electrons. The minimum atomic E-state index is -5.27. The van der Waals surface area contributed by atoms with Gasteiger partial charge in [-0.3, -0.25) is 45.9 Å². The van der Waals surface area contributed by atoms with Crippen LogP contribution in [0.25, 0.3) is 0 Å². The zero-order chi connectivity index (χ0) is 21.9. The van der Waals surface area contributed by atoms with E-state index in [1.807, 2.05) is 0 Å². The van der Waals surface area contributed by atoms with Gasteiger partial charge in [-0.1, -0.05) is 0 Å². The second kappa shape index (κ2) is 8.10. The number of nitrogens with one attached hydrogen (secondary N) is 4. The number of rotatable bonds is 2. The van der Waals surface area contributed by atoms with Gasteiger partial charge in [0, 0.05) is 0 Å². The lowest BCUT2D eigenvalue weighted by Crippen LogP contribution is -2.48. The molecule has 0 aromatic carbocycles. The lowest BCUT2D eigenvalue weighted by molar-refractivity contribution is -0.174. The van der Waals surface area contributed by atoms with E-state index in [2.05, 4.69) is 4.98 Å². The monoisotopic (exact) mass is 415 g/mol. The van der Waals surface area contributed by atoms with Crippen LogP contribution in [0.4, 0.5) is 26.3 Å². The van der Waals surface area contributed by atoms with Crippen LogP contribution in [0.3, 0.4) is 0 Å². The summed E-state index contributed by atoms with van der Waals surface area (Å²) in [7, 11) is 0. The van der Waals surface area contributed by atoms with Gasteiger partial charge in [0.15, 0.2) is 0 Å². The molecule has 0 atom stereocenters. The Morgan fingerprint density at radius 2 is 1.04 bits per heavy atom. The lowest BCUT2D eigenvalue weighted by Gasteiger charge is -2.14. The van der Waals surface area contributed by atoms with E-state index in [1.54, 1.807) is 0 Å². The maximum atomic E-state index is 12.1. The van der Waals surface area contributed by atoms with Crippen LogP contribution in [-0.4, -0.2) is 41.0 Å². The fourth-order valence-electron chi connectivity index (χ4n) is 1.69. The van der Waals surface area contributed by atoms with Crippen LogP contribution in [0.2, 0.25) is 0 Å². The number of aryl methyl sites for hydroxylation is 2. The summed E-state index contributed by atoms with van der Waals surface area (Å²) in [6, 6.07) is 0.807. The van der Waals surface area contributed by atoms with Gasteiger partial charge >= 0.3 is 24.2 Å². The second-order valence-electron chi connectivity index (χ2n) is 5.07. The van der Waals surface area contributed by atoms with Crippen molar-refractivity contribution in [1.29, 1.82) is 0 Å². The van der Waals surface area contributed by atoms with Crippen molar-refractivity contribution in [2.24, 2.45) is 0 Å². The summed E-state index contributed by atoms with van der Waals surface area (Å²) in [4.78, 5) is 48.9. The van der Waals surface area contributed by atoms with Gasteiger partial charge in [0.25, 0.3) is 11.8 Å². The molecule has 1 aromatic heterocycles. The van der Waals surface area contributed by atoms with Crippen LogP contribution < -0.4 is 21.7 Å². The van der Waals surface area contributed by atoms with E-state index in [0.29, 0.717) is 0 Å². The molecule has 0 aliphatic rings. The minimum absolute atomic E-state index is 0.0628. The maximum absolute atomic E-state index is 12.1. The number of alkyl halides is 6. The highest BCUT2D eigenvalue weighted by Gasteiger charge is 2.40. The van der Waals surface area contributed by atoms with E-state index in [4.69, 9.17) is 0 Å². The molecule has 1 aromatic rings. The summed E-state index contributed by atoms with van der Waals surface area (Å²) in [5.41, 5.74) is 4.05. The van der Waals surface area contributed by atoms with E-state index in [0.717, 1.165) is 16.9 Å². The van der Waals surface area contributed by atoms with Gasteiger partial charge in [0.2, 0.25) is 0 Å². The third-order valence-electron chi connectivity index (χ3n) is 2.99. The maximum Gasteiger partial charge on any atom is 0.472 e. The van der Waals surface area contributed by atoms with Gasteiger partial charge in [-0.25, -0.2) is 0 Å². The van der Waals surface area contributed by atoms with Crippen LogP contribution in [0.15, 0.2) is 6.07 Å². The van der Waals surface area contributed by atoms with Crippen molar-refractivity contribution in [2.75, 3.05) is 0 Å². The SMILES string of the molecule is Cc1nc(C)c(C(=O)NNC(=O)C(F)(F)F)cc1C(=O)NNC(=O)C(F)(F)F. The Kier molecular flexibility index (Phi) is 6.55. The quantitative estimate of drug-likeness (QED) is 0.409. The Bertz CT molecular complexity index is 758. The van der Waals surface area contributed by atoms with E-state index < -0.39 is 47.1 Å². The van der Waals surface area contributed by atoms with Crippen molar-refractivity contribution < 1.29 is 45.5 Å². The van der Waals surface area contributed by atoms with Crippen molar-refractivity contribution in [2.45, 2.75) is 26.2 Å². The number of carbonyl (C=O) groups is 4. The third-order valence-corrected chi connectivity index (χ3v) is 2.99. The molecule has 1 rings (SSSR count). The first-order valence-corrected chi connectivity index (χ1v) is 6.97. The fraction of sp³-hybridized carbons (Fsp3) is 0.308. The van der Waals surface area contributed by atoms with Gasteiger partial charge in [0.05, 0.1) is 22.5 Å². The molecule has 28 heavy (non-hydrogen) atoms. The highest BCUT2D eigenvalue weighted by molar-refractivity contribution is 6.01. The van der Waals surface area contributed by atoms with Crippen LogP contribution in [0, 0.1) is 13.8 Å². The first-order chi connectivity index (χ1) is 12.6. The Labute approximate surface area is 151 Å². The summed E-state index contributed by atoms with van der Waals surface area (Å²) in [6.45, 7) is 2.50. The molecule has 9 nitrogen and oxygen atoms in total. The molecule has 154 valence electrons. The number of hydrazine groups is 2. The molecule has 0 spiro atoms. The van der Waals surface area contributed by atoms with Crippen molar-refractivity contribution in [3.05, 3.63) is 28.6 Å². The molecule has 0 saturated carbocycles. The van der Waals surface area contributed by atoms with Crippen molar-refractivity contribution in [1.82, 2.24) is 26.7 Å². The zero-order valence-electron chi connectivity index (χ0n) is 13.9. The predicted molar refractivity (Wildman–Crippen MR) is 77.0 cm³/mol. The molecule has 0 aliphatic carbocycles. The number of aromatic nitrogens is 1. The van der Waals surface area contributed by atoms with Crippen LogP contribution >= 0.6 is 0 Å². The van der Waals surface area contributed by atoms with E-state index in [-0.39, 0.29) is 11.4 Å². The summed E-state index contributed by atoms with van der Waals surface area (Å²) in [5.74, 6) is -7.50. The minimum Gasteiger partial charge on any atom is -0.267 e. The summed E-state index contributed by atoms with van der Waals surface area (Å²) in [5, 5.41) is 0. The van der Waals surface area contributed by atoms with Gasteiger partial charge in [0.1, 0.15) is 0 Å². The van der Waals surface area contributed by atoms with Crippen molar-refractivity contribution >= 4 is 23.6 Å². The Balaban J connectivity index is 2.97. The van der Waals surface area contributed by atoms with Crippen molar-refractivity contribution in [3.63, 3.8) is 0 Å². The summed E-state index contributed by atoms with van der Waals surface area (Å²) < 4.78 is 72.6. The topological polar surface area (TPSA) is 129 Å². The van der Waals surface area contributed by atoms with E-state index in [9.17, 15) is 45.5 Å². The molecular formula is C13H11F6N5O4. The Hall–Kier alpha value is -3.39. The molecule has 0 bridgehead atoms. The fourth-order valence-corrected chi connectivity index (χ4v) is 1.69. The molecule has 0 aliphatic heterocycles. The number of pyridine rings is 1. The van der Waals surface area contributed by atoms with Crippen LogP contribution in [0.5, 0.6) is 0 Å². The normalized spacial score (nSPS) is 11.4. The summed E-state index contributed by atoms with van der Waals surface area (Å²) in [6.07, 6.45) is -10.5. The van der Waals surface area contributed by atoms with Gasteiger partial charge in [-0.15, -0.1) is 0 Å². The van der Waals surface area contributed by atoms with E-state index >= 15 is 0 Å². The van der Waals surface area contributed by atoms with E-state index in [1.165, 1.54) is 24.7 Å². The molecule has 0 fully saturated rings. The van der Waals surface area contributed by atoms with Crippen molar-refractivity contribution in [3.8, 4) is 0 Å². The number of carbonyl (C=O) groups excluding carboxylic acids is 4. The molecule has 0 saturated heterocycles. The predicted octanol–water partition coefficient (Wildman–Crippen LogP) is 0.345. The molecule has 1 heterocycles. The average Bonchev–Trinajstić information content (AvgIpc) is 2.55. The number of hydrogen-bond donors (Lipinski definition) is 4. The lowest BCUT2D eigenvalue weighted by atomic mass is 10.1. The van der Waals surface area contributed by atoms with Gasteiger partial charge in [-0.2, -0.15) is 26.3 Å². The van der Waals surface area contributed by atoms with Gasteiger partial charge < -0.3 is 0 Å². The molecule has 4 N–H and O–H groups in total. The molecular weight excluding hydrogens is 404 g/mol. The number of amides is 4. The first-order valence-electron chi connectivity index (χ1n) is 6.97. The standard InChI is InChI=1S/C13H11F6N5O4/c1-4-6(8(25)21-23-10(27)12(14,15)16)3-7(5(2)20-4)9(26)22-24-11(28)13(17,18)19/h3H,1-2H3,(H,21,25)(H,22,26)(H,23,27)(H,24,28). The summed E-state index contributed by atoms with van der Waals surface area (Å²) >= 11 is 0. The molecule has 15 heteroatoms. The van der Waals surface area contributed by atoms with Crippen LogP contribution in [-0.2, 0) is 9.59 Å². The largest absolute Gasteiger partial charge is 0.472 e. The first kappa shape index (κ1) is 22.7. The average molecular weight is 415 g/mol. The second-order valence-corrected chi connectivity index (χ2v) is 5.07.